The lowest BCUT2D eigenvalue weighted by Gasteiger charge is -2.30. The molecule has 2 aromatic carbocycles. The number of para-hydroxylation sites is 1. The number of benzene rings is 2. The van der Waals surface area contributed by atoms with Gasteiger partial charge in [-0.2, -0.15) is 0 Å². The van der Waals surface area contributed by atoms with Gasteiger partial charge in [0.05, 0.1) is 13.2 Å². The van der Waals surface area contributed by atoms with Gasteiger partial charge in [-0.05, 0) is 68.6 Å². The third kappa shape index (κ3) is 3.72. The fraction of sp³-hybridized carbons (Fsp3) is 0.435. The molecule has 2 amide bonds. The summed E-state index contributed by atoms with van der Waals surface area (Å²) in [6.07, 6.45) is 3.35. The van der Waals surface area contributed by atoms with Crippen molar-refractivity contribution in [3.8, 4) is 5.75 Å². The van der Waals surface area contributed by atoms with E-state index in [-0.39, 0.29) is 18.1 Å². The molecule has 0 saturated carbocycles. The third-order valence-electron chi connectivity index (χ3n) is 5.95. The molecular weight excluding hydrogens is 350 g/mol. The molecule has 2 heterocycles. The van der Waals surface area contributed by atoms with Crippen LogP contribution in [0.3, 0.4) is 0 Å². The van der Waals surface area contributed by atoms with Crippen LogP contribution in [0.5, 0.6) is 5.75 Å². The Morgan fingerprint density at radius 3 is 2.57 bits per heavy atom. The van der Waals surface area contributed by atoms with E-state index in [9.17, 15) is 4.79 Å². The van der Waals surface area contributed by atoms with Gasteiger partial charge in [-0.1, -0.05) is 30.3 Å². The molecular formula is C23H29N3O2. The molecule has 28 heavy (non-hydrogen) atoms. The summed E-state index contributed by atoms with van der Waals surface area (Å²) in [7, 11) is 1.68. The maximum absolute atomic E-state index is 13.0. The van der Waals surface area contributed by atoms with E-state index in [1.165, 1.54) is 24.0 Å². The molecule has 2 aliphatic rings. The molecule has 2 atom stereocenters. The largest absolute Gasteiger partial charge is 0.497 e. The van der Waals surface area contributed by atoms with Crippen molar-refractivity contribution in [1.82, 2.24) is 10.2 Å². The van der Waals surface area contributed by atoms with Gasteiger partial charge in [-0.25, -0.2) is 4.79 Å². The first kappa shape index (κ1) is 18.8. The molecule has 1 fully saturated rings. The van der Waals surface area contributed by atoms with Crippen LogP contribution < -0.4 is 15.0 Å². The topological polar surface area (TPSA) is 44.8 Å². The van der Waals surface area contributed by atoms with Gasteiger partial charge < -0.3 is 10.1 Å². The van der Waals surface area contributed by atoms with Crippen LogP contribution in [0.15, 0.2) is 48.5 Å². The van der Waals surface area contributed by atoms with Crippen LogP contribution in [0, 0.1) is 0 Å². The number of urea groups is 1. The number of methoxy groups -OCH3 is 1. The number of ether oxygens (including phenoxy) is 1. The standard InChI is InChI=1S/C23H29N3O2/c1-17-15-19-7-3-4-8-21(19)26(17)23(27)24-16-22(25-13-5-6-14-25)18-9-11-20(28-2)12-10-18/h3-4,7-12,17,22H,5-6,13-16H2,1-2H3,(H,24,27). The van der Waals surface area contributed by atoms with Gasteiger partial charge in [-0.3, -0.25) is 9.80 Å². The van der Waals surface area contributed by atoms with Gasteiger partial charge >= 0.3 is 6.03 Å². The predicted octanol–water partition coefficient (Wildman–Crippen LogP) is 3.99. The van der Waals surface area contributed by atoms with E-state index in [0.717, 1.165) is 30.9 Å². The summed E-state index contributed by atoms with van der Waals surface area (Å²) in [5.41, 5.74) is 3.50. The van der Waals surface area contributed by atoms with Crippen molar-refractivity contribution in [2.24, 2.45) is 0 Å². The first-order chi connectivity index (χ1) is 13.7. The number of nitrogens with one attached hydrogen (secondary N) is 1. The van der Waals surface area contributed by atoms with Crippen LogP contribution in [0.1, 0.15) is 36.9 Å². The highest BCUT2D eigenvalue weighted by atomic mass is 16.5. The summed E-state index contributed by atoms with van der Waals surface area (Å²) >= 11 is 0. The van der Waals surface area contributed by atoms with Crippen LogP contribution in [0.2, 0.25) is 0 Å². The predicted molar refractivity (Wildman–Crippen MR) is 112 cm³/mol. The Labute approximate surface area is 167 Å². The lowest BCUT2D eigenvalue weighted by molar-refractivity contribution is 0.223. The summed E-state index contributed by atoms with van der Waals surface area (Å²) < 4.78 is 5.30. The maximum atomic E-state index is 13.0. The Hall–Kier alpha value is -2.53. The van der Waals surface area contributed by atoms with Crippen molar-refractivity contribution in [1.29, 1.82) is 0 Å². The zero-order valence-corrected chi connectivity index (χ0v) is 16.7. The number of carbonyl (C=O) groups excluding carboxylic acids is 1. The lowest BCUT2D eigenvalue weighted by atomic mass is 10.1. The minimum atomic E-state index is -0.00448. The SMILES string of the molecule is COc1ccc(C(CNC(=O)N2c3ccccc3CC2C)N2CCCC2)cc1. The zero-order valence-electron chi connectivity index (χ0n) is 16.7. The molecule has 2 unspecified atom stereocenters. The van der Waals surface area contributed by atoms with Gasteiger partial charge in [0, 0.05) is 18.3 Å². The second-order valence-electron chi connectivity index (χ2n) is 7.77. The Bertz CT molecular complexity index is 815. The number of amides is 2. The number of fused-ring (bicyclic) bond motifs is 1. The summed E-state index contributed by atoms with van der Waals surface area (Å²) in [5.74, 6) is 0.857. The molecule has 2 aliphatic heterocycles. The number of likely N-dealkylation sites (tertiary alicyclic amines) is 1. The monoisotopic (exact) mass is 379 g/mol. The van der Waals surface area contributed by atoms with Crippen molar-refractivity contribution in [3.63, 3.8) is 0 Å². The molecule has 0 spiro atoms. The summed E-state index contributed by atoms with van der Waals surface area (Å²) in [5, 5.41) is 3.21. The average molecular weight is 380 g/mol. The minimum absolute atomic E-state index is 0.00448. The smallest absolute Gasteiger partial charge is 0.322 e. The number of nitrogens with zero attached hydrogens (tertiary/aromatic N) is 2. The molecule has 1 N–H and O–H groups in total. The molecule has 0 radical (unpaired) electrons. The number of rotatable bonds is 5. The highest BCUT2D eigenvalue weighted by molar-refractivity contribution is 5.94. The highest BCUT2D eigenvalue weighted by Crippen LogP contribution is 2.32. The number of hydrogen-bond donors (Lipinski definition) is 1. The molecule has 0 bridgehead atoms. The molecule has 2 aromatic rings. The Morgan fingerprint density at radius 2 is 1.86 bits per heavy atom. The molecule has 0 aliphatic carbocycles. The van der Waals surface area contributed by atoms with Crippen molar-refractivity contribution >= 4 is 11.7 Å². The van der Waals surface area contributed by atoms with Gasteiger partial charge in [0.25, 0.3) is 0 Å². The van der Waals surface area contributed by atoms with E-state index in [1.54, 1.807) is 7.11 Å². The van der Waals surface area contributed by atoms with E-state index < -0.39 is 0 Å². The Morgan fingerprint density at radius 1 is 1.14 bits per heavy atom. The highest BCUT2D eigenvalue weighted by Gasteiger charge is 2.31. The molecule has 4 rings (SSSR count). The summed E-state index contributed by atoms with van der Waals surface area (Å²) in [6.45, 7) is 4.88. The number of anilines is 1. The third-order valence-corrected chi connectivity index (χ3v) is 5.95. The van der Waals surface area contributed by atoms with Crippen LogP contribution >= 0.6 is 0 Å². The van der Waals surface area contributed by atoms with Crippen molar-refractivity contribution in [3.05, 3.63) is 59.7 Å². The quantitative estimate of drug-likeness (QED) is 0.854. The minimum Gasteiger partial charge on any atom is -0.497 e. The number of hydrogen-bond acceptors (Lipinski definition) is 3. The Kier molecular flexibility index (Phi) is 5.53. The van der Waals surface area contributed by atoms with Crippen molar-refractivity contribution in [2.45, 2.75) is 38.3 Å². The number of carbonyl (C=O) groups is 1. The van der Waals surface area contributed by atoms with Crippen LogP contribution in [-0.2, 0) is 6.42 Å². The normalized spacial score (nSPS) is 20.1. The van der Waals surface area contributed by atoms with E-state index >= 15 is 0 Å². The second kappa shape index (κ2) is 8.23. The van der Waals surface area contributed by atoms with Gasteiger partial charge in [0.1, 0.15) is 5.75 Å². The van der Waals surface area contributed by atoms with Crippen LogP contribution in [-0.4, -0.2) is 43.7 Å². The molecule has 5 nitrogen and oxygen atoms in total. The lowest BCUT2D eigenvalue weighted by Crippen LogP contribution is -2.46. The molecule has 1 saturated heterocycles. The van der Waals surface area contributed by atoms with E-state index in [2.05, 4.69) is 35.3 Å². The van der Waals surface area contributed by atoms with Crippen molar-refractivity contribution < 1.29 is 9.53 Å². The second-order valence-corrected chi connectivity index (χ2v) is 7.77. The fourth-order valence-corrected chi connectivity index (χ4v) is 4.48. The van der Waals surface area contributed by atoms with Gasteiger partial charge in [0.2, 0.25) is 0 Å². The molecule has 5 heteroatoms. The Balaban J connectivity index is 1.48. The van der Waals surface area contributed by atoms with E-state index in [0.29, 0.717) is 6.54 Å². The van der Waals surface area contributed by atoms with Gasteiger partial charge in [-0.15, -0.1) is 0 Å². The first-order valence-electron chi connectivity index (χ1n) is 10.2. The van der Waals surface area contributed by atoms with E-state index in [4.69, 9.17) is 4.74 Å². The van der Waals surface area contributed by atoms with Crippen LogP contribution in [0.4, 0.5) is 10.5 Å². The van der Waals surface area contributed by atoms with E-state index in [1.807, 2.05) is 35.2 Å². The zero-order chi connectivity index (χ0) is 19.5. The average Bonchev–Trinajstić information content (AvgIpc) is 3.35. The first-order valence-corrected chi connectivity index (χ1v) is 10.2. The fourth-order valence-electron chi connectivity index (χ4n) is 4.48. The summed E-state index contributed by atoms with van der Waals surface area (Å²) in [4.78, 5) is 17.4. The van der Waals surface area contributed by atoms with Crippen LogP contribution in [0.25, 0.3) is 0 Å². The summed E-state index contributed by atoms with van der Waals surface area (Å²) in [6, 6.07) is 16.8. The van der Waals surface area contributed by atoms with Gasteiger partial charge in [0.15, 0.2) is 0 Å². The van der Waals surface area contributed by atoms with Crippen molar-refractivity contribution in [2.75, 3.05) is 31.6 Å². The maximum Gasteiger partial charge on any atom is 0.322 e. The molecule has 148 valence electrons. The molecule has 0 aromatic heterocycles.